The molecule has 23 heavy (non-hydrogen) atoms. The van der Waals surface area contributed by atoms with Gasteiger partial charge in [0, 0.05) is 13.0 Å². The zero-order chi connectivity index (χ0) is 17.1. The molecule has 0 spiro atoms. The first-order valence-electron chi connectivity index (χ1n) is 7.57. The van der Waals surface area contributed by atoms with E-state index >= 15 is 0 Å². The molecule has 0 fully saturated rings. The third-order valence-electron chi connectivity index (χ3n) is 3.38. The van der Waals surface area contributed by atoms with E-state index in [1.165, 1.54) is 6.07 Å². The molecule has 0 aromatic heterocycles. The molecular formula is C16H22N2O5. The largest absolute Gasteiger partial charge is 0.366 e. The van der Waals surface area contributed by atoms with Crippen molar-refractivity contribution in [3.63, 3.8) is 0 Å². The maximum absolute atomic E-state index is 12.0. The van der Waals surface area contributed by atoms with E-state index in [1.807, 2.05) is 0 Å². The van der Waals surface area contributed by atoms with Crippen molar-refractivity contribution in [1.82, 2.24) is 5.32 Å². The fraction of sp³-hybridized carbons (Fsp3) is 0.438. The van der Waals surface area contributed by atoms with Gasteiger partial charge in [0.25, 0.3) is 5.91 Å². The summed E-state index contributed by atoms with van der Waals surface area (Å²) in [6.45, 7) is 0.505. The van der Waals surface area contributed by atoms with E-state index in [2.05, 4.69) is 10.2 Å². The Morgan fingerprint density at radius 3 is 2.26 bits per heavy atom. The molecule has 0 aliphatic rings. The van der Waals surface area contributed by atoms with Crippen LogP contribution in [0.15, 0.2) is 24.3 Å². The minimum Gasteiger partial charge on any atom is -0.366 e. The number of primary amides is 1. The lowest BCUT2D eigenvalue weighted by molar-refractivity contribution is -0.234. The topological polar surface area (TPSA) is 119 Å². The minimum absolute atomic E-state index is 0.205. The Balaban J connectivity index is 2.20. The summed E-state index contributed by atoms with van der Waals surface area (Å²) in [5, 5.41) is 10.8. The van der Waals surface area contributed by atoms with Crippen LogP contribution in [-0.4, -0.2) is 29.6 Å². The molecule has 1 aromatic carbocycles. The number of nitrogens with one attached hydrogen (secondary N) is 1. The van der Waals surface area contributed by atoms with Crippen LogP contribution in [0, 0.1) is 0 Å². The van der Waals surface area contributed by atoms with Gasteiger partial charge in [-0.25, -0.2) is 4.79 Å². The average molecular weight is 322 g/mol. The number of benzene rings is 1. The van der Waals surface area contributed by atoms with Gasteiger partial charge < -0.3 is 15.9 Å². The maximum Gasteiger partial charge on any atom is 0.342 e. The molecule has 0 saturated heterocycles. The van der Waals surface area contributed by atoms with Crippen LogP contribution in [0.25, 0.3) is 0 Å². The van der Waals surface area contributed by atoms with E-state index in [-0.39, 0.29) is 23.5 Å². The normalized spacial score (nSPS) is 10.1. The lowest BCUT2D eigenvalue weighted by atomic mass is 10.1. The number of carbonyl (C=O) groups excluding carboxylic acids is 3. The van der Waals surface area contributed by atoms with Gasteiger partial charge in [-0.3, -0.25) is 9.59 Å². The average Bonchev–Trinajstić information content (AvgIpc) is 2.56. The molecule has 7 heteroatoms. The van der Waals surface area contributed by atoms with E-state index in [4.69, 9.17) is 11.0 Å². The summed E-state index contributed by atoms with van der Waals surface area (Å²) in [6, 6.07) is 6.42. The second-order valence-corrected chi connectivity index (χ2v) is 5.15. The number of rotatable bonds is 10. The van der Waals surface area contributed by atoms with Crippen LogP contribution in [0.5, 0.6) is 0 Å². The highest BCUT2D eigenvalue weighted by atomic mass is 17.1. The highest BCUT2D eigenvalue weighted by molar-refractivity contribution is 6.06. The van der Waals surface area contributed by atoms with Crippen molar-refractivity contribution < 1.29 is 24.5 Å². The molecular weight excluding hydrogens is 300 g/mol. The number of nitrogens with two attached hydrogens (primary N) is 1. The van der Waals surface area contributed by atoms with E-state index in [0.717, 1.165) is 25.7 Å². The highest BCUT2D eigenvalue weighted by Crippen LogP contribution is 2.08. The lowest BCUT2D eigenvalue weighted by Gasteiger charge is -2.08. The van der Waals surface area contributed by atoms with Crippen LogP contribution in [0.1, 0.15) is 59.2 Å². The summed E-state index contributed by atoms with van der Waals surface area (Å²) in [5.41, 5.74) is 5.73. The standard InChI is InChI=1S/C16H22N2O5/c17-15(20)12-8-5-6-9-13(12)16(21)18-11-7-3-1-2-4-10-14(19)23-22/h5-6,8-9,22H,1-4,7,10-11H2,(H2,17,20)(H,18,21). The van der Waals surface area contributed by atoms with Gasteiger partial charge in [0.1, 0.15) is 0 Å². The minimum atomic E-state index is -0.628. The summed E-state index contributed by atoms with van der Waals surface area (Å²) >= 11 is 0. The van der Waals surface area contributed by atoms with Crippen LogP contribution < -0.4 is 11.1 Å². The van der Waals surface area contributed by atoms with Gasteiger partial charge >= 0.3 is 5.97 Å². The Labute approximate surface area is 134 Å². The molecule has 4 N–H and O–H groups in total. The molecule has 7 nitrogen and oxygen atoms in total. The van der Waals surface area contributed by atoms with Crippen LogP contribution in [-0.2, 0) is 9.68 Å². The Morgan fingerprint density at radius 2 is 1.61 bits per heavy atom. The zero-order valence-corrected chi connectivity index (χ0v) is 12.9. The molecule has 1 aromatic rings. The first kappa shape index (κ1) is 18.6. The Hall–Kier alpha value is -2.41. The van der Waals surface area contributed by atoms with Crippen LogP contribution in [0.3, 0.4) is 0 Å². The summed E-state index contributed by atoms with van der Waals surface area (Å²) < 4.78 is 0. The SMILES string of the molecule is NC(=O)c1ccccc1C(=O)NCCCCCCCC(=O)OO. The predicted octanol–water partition coefficient (Wildman–Crippen LogP) is 1.87. The van der Waals surface area contributed by atoms with Crippen molar-refractivity contribution in [2.45, 2.75) is 38.5 Å². The van der Waals surface area contributed by atoms with Gasteiger partial charge in [0.15, 0.2) is 0 Å². The van der Waals surface area contributed by atoms with E-state index < -0.39 is 11.9 Å². The number of hydrogen-bond donors (Lipinski definition) is 3. The van der Waals surface area contributed by atoms with Gasteiger partial charge in [-0.15, -0.1) is 0 Å². The number of unbranched alkanes of at least 4 members (excludes halogenated alkanes) is 4. The van der Waals surface area contributed by atoms with Crippen molar-refractivity contribution in [2.75, 3.05) is 6.54 Å². The third kappa shape index (κ3) is 6.92. The first-order chi connectivity index (χ1) is 11.1. The molecule has 126 valence electrons. The maximum atomic E-state index is 12.0. The van der Waals surface area contributed by atoms with Gasteiger partial charge in [0.2, 0.25) is 5.91 Å². The van der Waals surface area contributed by atoms with Gasteiger partial charge in [-0.1, -0.05) is 31.4 Å². The first-order valence-corrected chi connectivity index (χ1v) is 7.57. The quantitative estimate of drug-likeness (QED) is 0.345. The second kappa shape index (κ2) is 10.3. The third-order valence-corrected chi connectivity index (χ3v) is 3.38. The highest BCUT2D eigenvalue weighted by Gasteiger charge is 2.13. The summed E-state index contributed by atoms with van der Waals surface area (Å²) in [7, 11) is 0. The Kier molecular flexibility index (Phi) is 8.38. The van der Waals surface area contributed by atoms with Crippen molar-refractivity contribution in [2.24, 2.45) is 5.73 Å². The monoisotopic (exact) mass is 322 g/mol. The molecule has 2 amide bonds. The lowest BCUT2D eigenvalue weighted by Crippen LogP contribution is -2.27. The fourth-order valence-corrected chi connectivity index (χ4v) is 2.16. The van der Waals surface area contributed by atoms with Gasteiger partial charge in [-0.2, -0.15) is 5.26 Å². The molecule has 0 saturated carbocycles. The molecule has 0 radical (unpaired) electrons. The number of hydrogen-bond acceptors (Lipinski definition) is 5. The van der Waals surface area contributed by atoms with Crippen molar-refractivity contribution in [3.8, 4) is 0 Å². The van der Waals surface area contributed by atoms with Gasteiger partial charge in [0.05, 0.1) is 11.1 Å². The Morgan fingerprint density at radius 1 is 1.00 bits per heavy atom. The number of carbonyl (C=O) groups is 3. The molecule has 0 aliphatic heterocycles. The van der Waals surface area contributed by atoms with E-state index in [1.54, 1.807) is 18.2 Å². The number of amides is 2. The van der Waals surface area contributed by atoms with E-state index in [9.17, 15) is 14.4 Å². The zero-order valence-electron chi connectivity index (χ0n) is 12.9. The predicted molar refractivity (Wildman–Crippen MR) is 83.7 cm³/mol. The molecule has 0 bridgehead atoms. The Bertz CT molecular complexity index is 545. The fourth-order valence-electron chi connectivity index (χ4n) is 2.16. The molecule has 0 unspecified atom stereocenters. The molecule has 0 atom stereocenters. The molecule has 0 aliphatic carbocycles. The summed E-state index contributed by atoms with van der Waals surface area (Å²) in [4.78, 5) is 37.5. The van der Waals surface area contributed by atoms with Crippen molar-refractivity contribution >= 4 is 17.8 Å². The van der Waals surface area contributed by atoms with Crippen molar-refractivity contribution in [3.05, 3.63) is 35.4 Å². The van der Waals surface area contributed by atoms with Crippen LogP contribution >= 0.6 is 0 Å². The van der Waals surface area contributed by atoms with Crippen LogP contribution in [0.4, 0.5) is 0 Å². The van der Waals surface area contributed by atoms with E-state index in [0.29, 0.717) is 13.0 Å². The smallest absolute Gasteiger partial charge is 0.342 e. The summed E-state index contributed by atoms with van der Waals surface area (Å²) in [5.74, 6) is -1.56. The second-order valence-electron chi connectivity index (χ2n) is 5.15. The summed E-state index contributed by atoms with van der Waals surface area (Å²) in [6.07, 6.45) is 4.36. The molecule has 0 heterocycles. The van der Waals surface area contributed by atoms with Gasteiger partial charge in [-0.05, 0) is 25.0 Å². The molecule has 1 rings (SSSR count). The van der Waals surface area contributed by atoms with Crippen molar-refractivity contribution in [1.29, 1.82) is 0 Å². The van der Waals surface area contributed by atoms with Crippen LogP contribution in [0.2, 0.25) is 0 Å².